The zero-order valence-corrected chi connectivity index (χ0v) is 16.3. The molecule has 0 aliphatic heterocycles. The van der Waals surface area contributed by atoms with E-state index >= 15 is 0 Å². The van der Waals surface area contributed by atoms with Gasteiger partial charge in [0.2, 0.25) is 5.91 Å². The third-order valence-corrected chi connectivity index (χ3v) is 3.75. The first-order valence-corrected chi connectivity index (χ1v) is 7.28. The van der Waals surface area contributed by atoms with Crippen molar-refractivity contribution in [3.63, 3.8) is 0 Å². The molecule has 0 atom stereocenters. The first-order chi connectivity index (χ1) is 9.39. The van der Waals surface area contributed by atoms with Crippen molar-refractivity contribution in [2.75, 3.05) is 20.6 Å². The number of guanidine groups is 1. The van der Waals surface area contributed by atoms with Gasteiger partial charge in [0.1, 0.15) is 5.01 Å². The van der Waals surface area contributed by atoms with Crippen molar-refractivity contribution in [2.24, 2.45) is 10.4 Å². The summed E-state index contributed by atoms with van der Waals surface area (Å²) in [4.78, 5) is 21.3. The SMILES string of the molecule is CN=C(NCc1ncc(C)s1)NCC(C)(C)C(=O)NC.I. The Labute approximate surface area is 147 Å². The van der Waals surface area contributed by atoms with Gasteiger partial charge in [-0.05, 0) is 20.8 Å². The Morgan fingerprint density at radius 2 is 2.10 bits per heavy atom. The Morgan fingerprint density at radius 1 is 1.43 bits per heavy atom. The highest BCUT2D eigenvalue weighted by molar-refractivity contribution is 14.0. The summed E-state index contributed by atoms with van der Waals surface area (Å²) >= 11 is 1.65. The molecule has 0 saturated carbocycles. The lowest BCUT2D eigenvalue weighted by Crippen LogP contribution is -2.47. The molecule has 0 saturated heterocycles. The van der Waals surface area contributed by atoms with E-state index < -0.39 is 5.41 Å². The van der Waals surface area contributed by atoms with E-state index in [-0.39, 0.29) is 29.9 Å². The fraction of sp³-hybridized carbons (Fsp3) is 0.615. The molecule has 0 bridgehead atoms. The maximum Gasteiger partial charge on any atom is 0.227 e. The van der Waals surface area contributed by atoms with Crippen molar-refractivity contribution >= 4 is 47.2 Å². The molecule has 1 aromatic heterocycles. The number of carbonyl (C=O) groups is 1. The molecule has 6 nitrogen and oxygen atoms in total. The zero-order valence-electron chi connectivity index (χ0n) is 13.1. The van der Waals surface area contributed by atoms with Crippen LogP contribution in [-0.4, -0.2) is 37.5 Å². The van der Waals surface area contributed by atoms with Gasteiger partial charge in [-0.25, -0.2) is 4.98 Å². The van der Waals surface area contributed by atoms with Gasteiger partial charge in [-0.3, -0.25) is 9.79 Å². The summed E-state index contributed by atoms with van der Waals surface area (Å²) in [5.74, 6) is 0.658. The fourth-order valence-corrected chi connectivity index (χ4v) is 2.31. The van der Waals surface area contributed by atoms with Crippen LogP contribution in [0.5, 0.6) is 0 Å². The lowest BCUT2D eigenvalue weighted by molar-refractivity contribution is -0.128. The lowest BCUT2D eigenvalue weighted by Gasteiger charge is -2.24. The number of carbonyl (C=O) groups excluding carboxylic acids is 1. The monoisotopic (exact) mass is 425 g/mol. The molecule has 3 N–H and O–H groups in total. The molecular formula is C13H24IN5OS. The van der Waals surface area contributed by atoms with E-state index in [9.17, 15) is 4.79 Å². The van der Waals surface area contributed by atoms with Crippen LogP contribution in [0.25, 0.3) is 0 Å². The lowest BCUT2D eigenvalue weighted by atomic mass is 9.92. The minimum atomic E-state index is -0.496. The molecular weight excluding hydrogens is 401 g/mol. The minimum Gasteiger partial charge on any atom is -0.359 e. The number of aryl methyl sites for hydroxylation is 1. The largest absolute Gasteiger partial charge is 0.359 e. The maximum atomic E-state index is 11.7. The van der Waals surface area contributed by atoms with Crippen LogP contribution in [0.2, 0.25) is 0 Å². The van der Waals surface area contributed by atoms with Gasteiger partial charge in [-0.2, -0.15) is 0 Å². The first kappa shape index (κ1) is 20.1. The van der Waals surface area contributed by atoms with Crippen molar-refractivity contribution in [2.45, 2.75) is 27.3 Å². The van der Waals surface area contributed by atoms with E-state index in [0.29, 0.717) is 19.0 Å². The second-order valence-electron chi connectivity index (χ2n) is 5.11. The second-order valence-corrected chi connectivity index (χ2v) is 6.43. The highest BCUT2D eigenvalue weighted by Gasteiger charge is 2.26. The summed E-state index contributed by atoms with van der Waals surface area (Å²) in [7, 11) is 3.34. The van der Waals surface area contributed by atoms with Crippen molar-refractivity contribution in [1.82, 2.24) is 20.9 Å². The Morgan fingerprint density at radius 3 is 2.57 bits per heavy atom. The smallest absolute Gasteiger partial charge is 0.227 e. The third kappa shape index (κ3) is 6.60. The molecule has 1 aromatic rings. The summed E-state index contributed by atoms with van der Waals surface area (Å²) in [6.45, 7) is 6.93. The first-order valence-electron chi connectivity index (χ1n) is 6.47. The Balaban J connectivity index is 0.00000400. The van der Waals surface area contributed by atoms with Crippen molar-refractivity contribution < 1.29 is 4.79 Å². The Hall–Kier alpha value is -0.900. The van der Waals surface area contributed by atoms with Crippen molar-refractivity contribution in [3.05, 3.63) is 16.1 Å². The summed E-state index contributed by atoms with van der Waals surface area (Å²) in [5.41, 5.74) is -0.496. The molecule has 0 radical (unpaired) electrons. The van der Waals surface area contributed by atoms with Crippen molar-refractivity contribution in [1.29, 1.82) is 0 Å². The maximum absolute atomic E-state index is 11.7. The number of amides is 1. The number of nitrogens with one attached hydrogen (secondary N) is 3. The van der Waals surface area contributed by atoms with E-state index in [0.717, 1.165) is 5.01 Å². The van der Waals surface area contributed by atoms with Crippen LogP contribution in [0.1, 0.15) is 23.7 Å². The fourth-order valence-electron chi connectivity index (χ4n) is 1.59. The molecule has 0 aliphatic rings. The molecule has 21 heavy (non-hydrogen) atoms. The number of rotatable bonds is 5. The predicted molar refractivity (Wildman–Crippen MR) is 98.3 cm³/mol. The van der Waals surface area contributed by atoms with Gasteiger partial charge in [-0.15, -0.1) is 35.3 Å². The van der Waals surface area contributed by atoms with Crippen LogP contribution >= 0.6 is 35.3 Å². The van der Waals surface area contributed by atoms with Crippen LogP contribution < -0.4 is 16.0 Å². The van der Waals surface area contributed by atoms with E-state index in [2.05, 4.69) is 25.9 Å². The molecule has 0 aliphatic carbocycles. The number of hydrogen-bond acceptors (Lipinski definition) is 4. The highest BCUT2D eigenvalue weighted by Crippen LogP contribution is 2.13. The van der Waals surface area contributed by atoms with Crippen LogP contribution in [0.3, 0.4) is 0 Å². The summed E-state index contributed by atoms with van der Waals surface area (Å²) in [6, 6.07) is 0. The van der Waals surface area contributed by atoms with Crippen LogP contribution in [-0.2, 0) is 11.3 Å². The Kier molecular flexibility index (Phi) is 8.79. The van der Waals surface area contributed by atoms with Gasteiger partial charge in [0.15, 0.2) is 5.96 Å². The van der Waals surface area contributed by atoms with Gasteiger partial charge in [0, 0.05) is 31.7 Å². The normalized spacial score (nSPS) is 11.6. The van der Waals surface area contributed by atoms with Gasteiger partial charge in [0.05, 0.1) is 12.0 Å². The van der Waals surface area contributed by atoms with Gasteiger partial charge in [-0.1, -0.05) is 0 Å². The number of aromatic nitrogens is 1. The standard InChI is InChI=1S/C13H23N5OS.HI/c1-9-6-16-10(20-9)7-17-12(15-5)18-8-13(2,3)11(19)14-4;/h6H,7-8H2,1-5H3,(H,14,19)(H2,15,17,18);1H. The quantitative estimate of drug-likeness (QED) is 0.380. The van der Waals surface area contributed by atoms with E-state index in [1.165, 1.54) is 4.88 Å². The molecule has 1 amide bonds. The molecule has 0 fully saturated rings. The second kappa shape index (κ2) is 9.19. The van der Waals surface area contributed by atoms with E-state index in [4.69, 9.17) is 0 Å². The Bertz CT molecular complexity index is 487. The van der Waals surface area contributed by atoms with E-state index in [1.54, 1.807) is 25.4 Å². The van der Waals surface area contributed by atoms with Gasteiger partial charge < -0.3 is 16.0 Å². The van der Waals surface area contributed by atoms with Crippen LogP contribution in [0, 0.1) is 12.3 Å². The molecule has 1 rings (SSSR count). The zero-order chi connectivity index (χ0) is 15.2. The average molecular weight is 425 g/mol. The van der Waals surface area contributed by atoms with Crippen LogP contribution in [0.4, 0.5) is 0 Å². The number of hydrogen-bond donors (Lipinski definition) is 3. The minimum absolute atomic E-state index is 0. The van der Waals surface area contributed by atoms with Gasteiger partial charge >= 0.3 is 0 Å². The number of halogens is 1. The number of nitrogens with zero attached hydrogens (tertiary/aromatic N) is 2. The topological polar surface area (TPSA) is 78.4 Å². The van der Waals surface area contributed by atoms with Crippen molar-refractivity contribution in [3.8, 4) is 0 Å². The third-order valence-electron chi connectivity index (χ3n) is 2.84. The van der Waals surface area contributed by atoms with Gasteiger partial charge in [0.25, 0.3) is 0 Å². The molecule has 0 unspecified atom stereocenters. The average Bonchev–Trinajstić information content (AvgIpc) is 2.83. The summed E-state index contributed by atoms with van der Waals surface area (Å²) in [6.07, 6.45) is 1.85. The predicted octanol–water partition coefficient (Wildman–Crippen LogP) is 1.51. The molecule has 0 aromatic carbocycles. The molecule has 8 heteroatoms. The molecule has 0 spiro atoms. The number of thiazole rings is 1. The van der Waals surface area contributed by atoms with E-state index in [1.807, 2.05) is 27.0 Å². The molecule has 1 heterocycles. The summed E-state index contributed by atoms with van der Waals surface area (Å²) < 4.78 is 0. The van der Waals surface area contributed by atoms with Crippen LogP contribution in [0.15, 0.2) is 11.2 Å². The highest BCUT2D eigenvalue weighted by atomic mass is 127. The summed E-state index contributed by atoms with van der Waals surface area (Å²) in [5, 5.41) is 10.0. The molecule has 120 valence electrons. The number of aliphatic imine (C=N–C) groups is 1.